The number of carbonyl (C=O) groups excluding carboxylic acids is 2. The highest BCUT2D eigenvalue weighted by Gasteiger charge is 2.21. The van der Waals surface area contributed by atoms with Crippen molar-refractivity contribution in [1.29, 1.82) is 0 Å². The van der Waals surface area contributed by atoms with Gasteiger partial charge in [0, 0.05) is 0 Å². The summed E-state index contributed by atoms with van der Waals surface area (Å²) < 4.78 is 10.1. The van der Waals surface area contributed by atoms with E-state index in [0.717, 1.165) is 44.9 Å². The Balaban J connectivity index is 3.61. The minimum absolute atomic E-state index is 0.00260. The van der Waals surface area contributed by atoms with Crippen molar-refractivity contribution < 1.29 is 19.1 Å². The van der Waals surface area contributed by atoms with Crippen LogP contribution in [0.4, 0.5) is 0 Å². The second-order valence-electron chi connectivity index (χ2n) is 7.20. The Morgan fingerprint density at radius 2 is 1.23 bits per heavy atom. The number of carbonyl (C=O) groups is 2. The number of hydrogen-bond acceptors (Lipinski definition) is 4. The van der Waals surface area contributed by atoms with Crippen LogP contribution in [0, 0.1) is 11.8 Å². The standard InChI is InChI=1S/C18H34O4/c1-14(16(19)21-6)12-10-8-7-9-11-13-15(2)17(20)22-18(3,4)5/h14-15H,7-13H2,1-6H3. The molecule has 0 fully saturated rings. The number of esters is 2. The number of methoxy groups -OCH3 is 1. The summed E-state index contributed by atoms with van der Waals surface area (Å²) in [5, 5.41) is 0. The Hall–Kier alpha value is -1.06. The molecule has 22 heavy (non-hydrogen) atoms. The van der Waals surface area contributed by atoms with E-state index in [-0.39, 0.29) is 23.8 Å². The third-order valence-electron chi connectivity index (χ3n) is 3.69. The van der Waals surface area contributed by atoms with Crippen molar-refractivity contribution in [3.8, 4) is 0 Å². The highest BCUT2D eigenvalue weighted by molar-refractivity contribution is 5.72. The molecule has 130 valence electrons. The molecular formula is C18H34O4. The summed E-state index contributed by atoms with van der Waals surface area (Å²) in [4.78, 5) is 23.1. The molecule has 0 aliphatic carbocycles. The number of hydrogen-bond donors (Lipinski definition) is 0. The zero-order valence-corrected chi connectivity index (χ0v) is 15.2. The van der Waals surface area contributed by atoms with E-state index in [0.29, 0.717) is 0 Å². The van der Waals surface area contributed by atoms with Crippen LogP contribution in [0.5, 0.6) is 0 Å². The van der Waals surface area contributed by atoms with Gasteiger partial charge in [-0.25, -0.2) is 0 Å². The zero-order chi connectivity index (χ0) is 17.2. The zero-order valence-electron chi connectivity index (χ0n) is 15.2. The Labute approximate surface area is 135 Å². The van der Waals surface area contributed by atoms with Gasteiger partial charge in [-0.3, -0.25) is 9.59 Å². The van der Waals surface area contributed by atoms with Crippen LogP contribution in [0.1, 0.15) is 79.6 Å². The lowest BCUT2D eigenvalue weighted by atomic mass is 9.99. The molecule has 4 nitrogen and oxygen atoms in total. The third-order valence-corrected chi connectivity index (χ3v) is 3.69. The van der Waals surface area contributed by atoms with Crippen LogP contribution in [0.15, 0.2) is 0 Å². The van der Waals surface area contributed by atoms with Crippen molar-refractivity contribution in [3.05, 3.63) is 0 Å². The lowest BCUT2D eigenvalue weighted by Gasteiger charge is -2.22. The Kier molecular flexibility index (Phi) is 10.1. The van der Waals surface area contributed by atoms with Gasteiger partial charge in [-0.2, -0.15) is 0 Å². The average molecular weight is 314 g/mol. The molecule has 0 aliphatic rings. The van der Waals surface area contributed by atoms with E-state index in [9.17, 15) is 9.59 Å². The van der Waals surface area contributed by atoms with Gasteiger partial charge >= 0.3 is 11.9 Å². The number of unbranched alkanes of at least 4 members (excludes halogenated alkanes) is 4. The second kappa shape index (κ2) is 10.6. The van der Waals surface area contributed by atoms with E-state index in [4.69, 9.17) is 9.47 Å². The van der Waals surface area contributed by atoms with Gasteiger partial charge in [-0.05, 0) is 33.6 Å². The van der Waals surface area contributed by atoms with Gasteiger partial charge in [0.25, 0.3) is 0 Å². The van der Waals surface area contributed by atoms with Crippen LogP contribution in [-0.4, -0.2) is 24.6 Å². The molecule has 4 heteroatoms. The molecule has 0 aromatic heterocycles. The Bertz CT molecular complexity index is 330. The van der Waals surface area contributed by atoms with Gasteiger partial charge in [-0.1, -0.05) is 46.0 Å². The molecule has 2 atom stereocenters. The monoisotopic (exact) mass is 314 g/mol. The van der Waals surface area contributed by atoms with E-state index in [1.165, 1.54) is 7.11 Å². The van der Waals surface area contributed by atoms with Crippen LogP contribution >= 0.6 is 0 Å². The predicted molar refractivity (Wildman–Crippen MR) is 88.5 cm³/mol. The molecule has 0 aromatic rings. The van der Waals surface area contributed by atoms with E-state index in [2.05, 4.69) is 0 Å². The van der Waals surface area contributed by atoms with Crippen LogP contribution in [0.3, 0.4) is 0 Å². The van der Waals surface area contributed by atoms with E-state index < -0.39 is 5.60 Å². The third kappa shape index (κ3) is 10.6. The van der Waals surface area contributed by atoms with Crippen molar-refractivity contribution in [3.63, 3.8) is 0 Å². The normalized spacial score (nSPS) is 14.3. The fraction of sp³-hybridized carbons (Fsp3) is 0.889. The molecule has 0 heterocycles. The van der Waals surface area contributed by atoms with Crippen molar-refractivity contribution in [2.75, 3.05) is 7.11 Å². The predicted octanol–water partition coefficient (Wildman–Crippen LogP) is 4.50. The van der Waals surface area contributed by atoms with Crippen LogP contribution < -0.4 is 0 Å². The number of ether oxygens (including phenoxy) is 2. The summed E-state index contributed by atoms with van der Waals surface area (Å²) >= 11 is 0. The lowest BCUT2D eigenvalue weighted by molar-refractivity contribution is -0.159. The van der Waals surface area contributed by atoms with Gasteiger partial charge in [0.05, 0.1) is 18.9 Å². The summed E-state index contributed by atoms with van der Waals surface area (Å²) in [6.45, 7) is 9.53. The van der Waals surface area contributed by atoms with Gasteiger partial charge in [0.15, 0.2) is 0 Å². The van der Waals surface area contributed by atoms with E-state index in [1.54, 1.807) is 0 Å². The highest BCUT2D eigenvalue weighted by Crippen LogP contribution is 2.17. The molecule has 0 amide bonds. The molecule has 0 aliphatic heterocycles. The molecule has 0 N–H and O–H groups in total. The first-order valence-electron chi connectivity index (χ1n) is 8.48. The summed E-state index contributed by atoms with van der Waals surface area (Å²) in [6.07, 6.45) is 7.27. The quantitative estimate of drug-likeness (QED) is 0.440. The van der Waals surface area contributed by atoms with Gasteiger partial charge in [0.2, 0.25) is 0 Å². The first kappa shape index (κ1) is 20.9. The smallest absolute Gasteiger partial charge is 0.309 e. The fourth-order valence-corrected chi connectivity index (χ4v) is 2.27. The first-order chi connectivity index (χ1) is 10.2. The minimum atomic E-state index is -0.401. The largest absolute Gasteiger partial charge is 0.469 e. The maximum absolute atomic E-state index is 11.8. The number of rotatable bonds is 10. The second-order valence-corrected chi connectivity index (χ2v) is 7.20. The van der Waals surface area contributed by atoms with Gasteiger partial charge < -0.3 is 9.47 Å². The summed E-state index contributed by atoms with van der Waals surface area (Å²) in [5.41, 5.74) is -0.401. The summed E-state index contributed by atoms with van der Waals surface area (Å²) in [7, 11) is 1.44. The molecule has 2 unspecified atom stereocenters. The van der Waals surface area contributed by atoms with Crippen molar-refractivity contribution >= 4 is 11.9 Å². The Morgan fingerprint density at radius 1 is 0.818 bits per heavy atom. The minimum Gasteiger partial charge on any atom is -0.469 e. The van der Waals surface area contributed by atoms with Crippen LogP contribution in [0.25, 0.3) is 0 Å². The maximum Gasteiger partial charge on any atom is 0.309 e. The van der Waals surface area contributed by atoms with Crippen molar-refractivity contribution in [1.82, 2.24) is 0 Å². The lowest BCUT2D eigenvalue weighted by Crippen LogP contribution is -2.27. The topological polar surface area (TPSA) is 52.6 Å². The molecule has 0 radical (unpaired) electrons. The molecule has 0 saturated heterocycles. The van der Waals surface area contributed by atoms with Crippen molar-refractivity contribution in [2.24, 2.45) is 11.8 Å². The molecule has 0 rings (SSSR count). The van der Waals surface area contributed by atoms with Gasteiger partial charge in [0.1, 0.15) is 5.60 Å². The van der Waals surface area contributed by atoms with Gasteiger partial charge in [-0.15, -0.1) is 0 Å². The SMILES string of the molecule is COC(=O)C(C)CCCCCCCC(C)C(=O)OC(C)(C)C. The molecule has 0 bridgehead atoms. The van der Waals surface area contributed by atoms with Crippen molar-refractivity contribution in [2.45, 2.75) is 85.2 Å². The maximum atomic E-state index is 11.8. The first-order valence-corrected chi connectivity index (χ1v) is 8.48. The summed E-state index contributed by atoms with van der Waals surface area (Å²) in [6, 6.07) is 0. The molecular weight excluding hydrogens is 280 g/mol. The molecule has 0 aromatic carbocycles. The van der Waals surface area contributed by atoms with E-state index in [1.807, 2.05) is 34.6 Å². The van der Waals surface area contributed by atoms with Crippen LogP contribution in [-0.2, 0) is 19.1 Å². The fourth-order valence-electron chi connectivity index (χ4n) is 2.27. The molecule has 0 saturated carbocycles. The average Bonchev–Trinajstić information content (AvgIpc) is 2.42. The molecule has 0 spiro atoms. The summed E-state index contributed by atoms with van der Waals surface area (Å²) in [5.74, 6) is -0.249. The van der Waals surface area contributed by atoms with Crippen LogP contribution in [0.2, 0.25) is 0 Å². The van der Waals surface area contributed by atoms with E-state index >= 15 is 0 Å². The Morgan fingerprint density at radius 3 is 1.64 bits per heavy atom. The highest BCUT2D eigenvalue weighted by atomic mass is 16.6.